The summed E-state index contributed by atoms with van der Waals surface area (Å²) < 4.78 is 15.0. The number of likely N-dealkylation sites (N-methyl/N-ethyl adjacent to an activating group) is 1. The molecule has 8 heteroatoms. The molecule has 6 nitrogen and oxygen atoms in total. The van der Waals surface area contributed by atoms with Crippen LogP contribution in [-0.2, 0) is 18.7 Å². The van der Waals surface area contributed by atoms with Gasteiger partial charge in [0.1, 0.15) is 6.04 Å². The molecule has 0 amide bonds. The first-order chi connectivity index (χ1) is 7.22. The van der Waals surface area contributed by atoms with Crippen LogP contribution in [0.15, 0.2) is 0 Å². The van der Waals surface area contributed by atoms with Crippen LogP contribution in [0.4, 0.5) is 0 Å². The van der Waals surface area contributed by atoms with Gasteiger partial charge in [0.15, 0.2) is 0 Å². The Kier molecular flexibility index (Phi) is 6.51. The molecule has 0 aliphatic carbocycles. The van der Waals surface area contributed by atoms with Gasteiger partial charge in [0.2, 0.25) is 0 Å². The quantitative estimate of drug-likeness (QED) is 0.587. The largest absolute Gasteiger partial charge is 0.476 e. The first kappa shape index (κ1) is 15.9. The van der Waals surface area contributed by atoms with Crippen LogP contribution in [0.5, 0.6) is 0 Å². The van der Waals surface area contributed by atoms with Crippen molar-refractivity contribution in [2.75, 3.05) is 13.7 Å². The normalized spacial score (nSPS) is 17.2. The lowest BCUT2D eigenvalue weighted by Crippen LogP contribution is -2.44. The first-order valence-electron chi connectivity index (χ1n) is 4.79. The second-order valence-electron chi connectivity index (χ2n) is 3.47. The standard InChI is InChI=1S/C8H17ClNO5P/c1-5-10(14-4)7(6(2)3)8(11)15-16(9,12)13/h6-7H,5H2,1-4H3,(H,12,13)/t7-/m0/s1. The maximum Gasteiger partial charge on any atom is 0.476 e. The van der Waals surface area contributed by atoms with Crippen LogP contribution in [0.1, 0.15) is 20.8 Å². The van der Waals surface area contributed by atoms with Gasteiger partial charge in [-0.05, 0) is 5.92 Å². The molecule has 1 N–H and O–H groups in total. The SMILES string of the molecule is CCN(OC)[C@H](C(=O)OP(=O)(O)Cl)C(C)C. The van der Waals surface area contributed by atoms with Crippen LogP contribution in [0.25, 0.3) is 0 Å². The number of halogens is 1. The summed E-state index contributed by atoms with van der Waals surface area (Å²) in [6, 6.07) is -0.769. The van der Waals surface area contributed by atoms with Crippen LogP contribution in [-0.4, -0.2) is 35.6 Å². The van der Waals surface area contributed by atoms with Gasteiger partial charge < -0.3 is 14.3 Å². The summed E-state index contributed by atoms with van der Waals surface area (Å²) in [7, 11) is 1.41. The Morgan fingerprint density at radius 3 is 2.31 bits per heavy atom. The van der Waals surface area contributed by atoms with E-state index in [-0.39, 0.29) is 5.92 Å². The molecule has 0 saturated heterocycles. The summed E-state index contributed by atoms with van der Waals surface area (Å²) in [5, 5.41) is 1.36. The third-order valence-corrected chi connectivity index (χ3v) is 2.54. The van der Waals surface area contributed by atoms with Gasteiger partial charge in [-0.25, -0.2) is 9.36 Å². The fourth-order valence-electron chi connectivity index (χ4n) is 1.33. The van der Waals surface area contributed by atoms with Crippen LogP contribution < -0.4 is 0 Å². The second-order valence-corrected chi connectivity index (χ2v) is 5.83. The third-order valence-electron chi connectivity index (χ3n) is 1.93. The van der Waals surface area contributed by atoms with E-state index in [4.69, 9.17) is 21.0 Å². The van der Waals surface area contributed by atoms with Crippen molar-refractivity contribution >= 4 is 24.2 Å². The number of carbonyl (C=O) groups is 1. The summed E-state index contributed by atoms with van der Waals surface area (Å²) >= 11 is 4.98. The van der Waals surface area contributed by atoms with Crippen molar-refractivity contribution in [2.45, 2.75) is 26.8 Å². The third kappa shape index (κ3) is 5.27. The van der Waals surface area contributed by atoms with Crippen molar-refractivity contribution in [1.29, 1.82) is 0 Å². The second kappa shape index (κ2) is 6.57. The zero-order valence-electron chi connectivity index (χ0n) is 9.71. The highest BCUT2D eigenvalue weighted by atomic mass is 35.7. The fraction of sp³-hybridized carbons (Fsp3) is 0.875. The summed E-state index contributed by atoms with van der Waals surface area (Å²) in [6.45, 7) is 1.42. The summed E-state index contributed by atoms with van der Waals surface area (Å²) in [4.78, 5) is 25.3. The van der Waals surface area contributed by atoms with Gasteiger partial charge in [0.05, 0.1) is 7.11 Å². The minimum atomic E-state index is -4.34. The van der Waals surface area contributed by atoms with Crippen molar-refractivity contribution in [3.8, 4) is 0 Å². The Morgan fingerprint density at radius 2 is 2.06 bits per heavy atom. The predicted molar refractivity (Wildman–Crippen MR) is 59.8 cm³/mol. The van der Waals surface area contributed by atoms with Crippen molar-refractivity contribution in [3.63, 3.8) is 0 Å². The molecule has 16 heavy (non-hydrogen) atoms. The van der Waals surface area contributed by atoms with Gasteiger partial charge in [0.25, 0.3) is 0 Å². The lowest BCUT2D eigenvalue weighted by Gasteiger charge is -2.29. The van der Waals surface area contributed by atoms with E-state index in [0.29, 0.717) is 6.54 Å². The minimum Gasteiger partial charge on any atom is -0.379 e. The van der Waals surface area contributed by atoms with E-state index >= 15 is 0 Å². The molecule has 0 aliphatic rings. The number of nitrogens with zero attached hydrogens (tertiary/aromatic N) is 1. The van der Waals surface area contributed by atoms with E-state index in [1.165, 1.54) is 12.2 Å². The Morgan fingerprint density at radius 1 is 1.56 bits per heavy atom. The Labute approximate surface area is 99.7 Å². The monoisotopic (exact) mass is 273 g/mol. The number of rotatable bonds is 6. The van der Waals surface area contributed by atoms with Crippen LogP contribution in [0.3, 0.4) is 0 Å². The van der Waals surface area contributed by atoms with E-state index in [1.807, 2.05) is 0 Å². The predicted octanol–water partition coefficient (Wildman–Crippen LogP) is 1.78. The molecule has 0 aromatic heterocycles. The van der Waals surface area contributed by atoms with Gasteiger partial charge >= 0.3 is 12.9 Å². The Balaban J connectivity index is 4.78. The van der Waals surface area contributed by atoms with Gasteiger partial charge in [-0.2, -0.15) is 5.06 Å². The van der Waals surface area contributed by atoms with Crippen LogP contribution in [0, 0.1) is 5.92 Å². The van der Waals surface area contributed by atoms with Crippen molar-refractivity contribution in [2.24, 2.45) is 5.92 Å². The zero-order chi connectivity index (χ0) is 12.9. The lowest BCUT2D eigenvalue weighted by atomic mass is 10.0. The molecular weight excluding hydrogens is 257 g/mol. The smallest absolute Gasteiger partial charge is 0.379 e. The molecule has 1 unspecified atom stereocenters. The number of hydrogen-bond acceptors (Lipinski definition) is 5. The van der Waals surface area contributed by atoms with Crippen molar-refractivity contribution in [3.05, 3.63) is 0 Å². The summed E-state index contributed by atoms with van der Waals surface area (Å²) in [5.41, 5.74) is 0. The van der Waals surface area contributed by atoms with Gasteiger partial charge in [-0.15, -0.1) is 0 Å². The number of hydroxylamine groups is 2. The van der Waals surface area contributed by atoms with E-state index < -0.39 is 19.0 Å². The molecule has 96 valence electrons. The lowest BCUT2D eigenvalue weighted by molar-refractivity contribution is -0.187. The topological polar surface area (TPSA) is 76.1 Å². The van der Waals surface area contributed by atoms with Gasteiger partial charge in [0, 0.05) is 17.8 Å². The molecule has 2 atom stereocenters. The average Bonchev–Trinajstić information content (AvgIpc) is 2.09. The van der Waals surface area contributed by atoms with Gasteiger partial charge in [-0.1, -0.05) is 20.8 Å². The number of hydrogen-bond donors (Lipinski definition) is 1. The van der Waals surface area contributed by atoms with Crippen molar-refractivity contribution in [1.82, 2.24) is 5.06 Å². The van der Waals surface area contributed by atoms with E-state index in [0.717, 1.165) is 0 Å². The number of carbonyl (C=O) groups excluding carboxylic acids is 1. The molecule has 0 radical (unpaired) electrons. The maximum absolute atomic E-state index is 11.6. The van der Waals surface area contributed by atoms with E-state index in [1.54, 1.807) is 20.8 Å². The molecule has 0 spiro atoms. The molecule has 0 heterocycles. The minimum absolute atomic E-state index is 0.143. The highest BCUT2D eigenvalue weighted by Gasteiger charge is 2.34. The fourth-order valence-corrected chi connectivity index (χ4v) is 1.86. The Bertz CT molecular complexity index is 276. The van der Waals surface area contributed by atoms with E-state index in [2.05, 4.69) is 4.52 Å². The molecule has 0 aromatic rings. The molecule has 0 saturated carbocycles. The molecule has 0 aliphatic heterocycles. The average molecular weight is 274 g/mol. The van der Waals surface area contributed by atoms with Gasteiger partial charge in [-0.3, -0.25) is 0 Å². The van der Waals surface area contributed by atoms with E-state index in [9.17, 15) is 9.36 Å². The molecule has 0 bridgehead atoms. The first-order valence-corrected chi connectivity index (χ1v) is 7.27. The molecular formula is C8H17ClNO5P. The summed E-state index contributed by atoms with van der Waals surface area (Å²) in [6.07, 6.45) is 0. The van der Waals surface area contributed by atoms with Crippen LogP contribution >= 0.6 is 18.2 Å². The summed E-state index contributed by atoms with van der Waals surface area (Å²) in [5.74, 6) is -1.02. The zero-order valence-corrected chi connectivity index (χ0v) is 11.4. The van der Waals surface area contributed by atoms with Crippen molar-refractivity contribution < 1.29 is 23.6 Å². The molecule has 0 aromatic carbocycles. The Hall–Kier alpha value is -0.130. The highest BCUT2D eigenvalue weighted by Crippen LogP contribution is 2.48. The molecule has 0 fully saturated rings. The molecule has 0 rings (SSSR count). The highest BCUT2D eigenvalue weighted by molar-refractivity contribution is 7.80. The maximum atomic E-state index is 11.6. The van der Waals surface area contributed by atoms with Crippen LogP contribution in [0.2, 0.25) is 0 Å².